The molecule has 2 aromatic rings. The average Bonchev–Trinajstić information content (AvgIpc) is 2.62. The first kappa shape index (κ1) is 16.0. The van der Waals surface area contributed by atoms with Gasteiger partial charge in [0.2, 0.25) is 6.41 Å². The number of ether oxygens (including phenoxy) is 1. The predicted molar refractivity (Wildman–Crippen MR) is 92.9 cm³/mol. The quantitative estimate of drug-likeness (QED) is 0.845. The summed E-state index contributed by atoms with van der Waals surface area (Å²) in [6.45, 7) is 4.86. The van der Waals surface area contributed by atoms with Gasteiger partial charge in [0.1, 0.15) is 23.2 Å². The number of carbonyl (C=O) groups is 1. The van der Waals surface area contributed by atoms with E-state index < -0.39 is 0 Å². The number of methoxy groups -OCH3 is 1. The van der Waals surface area contributed by atoms with E-state index in [1.54, 1.807) is 12.0 Å². The Morgan fingerprint density at radius 1 is 1.12 bits per heavy atom. The van der Waals surface area contributed by atoms with E-state index in [0.29, 0.717) is 18.9 Å². The summed E-state index contributed by atoms with van der Waals surface area (Å²) in [6.07, 6.45) is 0.902. The summed E-state index contributed by atoms with van der Waals surface area (Å²) in [7, 11) is 1.65. The van der Waals surface area contributed by atoms with Crippen molar-refractivity contribution < 1.29 is 9.53 Å². The van der Waals surface area contributed by atoms with Crippen LogP contribution in [-0.4, -0.2) is 54.6 Å². The first-order chi connectivity index (χ1) is 11.7. The van der Waals surface area contributed by atoms with Crippen LogP contribution >= 0.6 is 0 Å². The number of hydrogen-bond donors (Lipinski definition) is 1. The number of nitrogens with one attached hydrogen (secondary N) is 1. The second-order valence-electron chi connectivity index (χ2n) is 5.64. The summed E-state index contributed by atoms with van der Waals surface area (Å²) in [4.78, 5) is 23.8. The molecule has 24 heavy (non-hydrogen) atoms. The van der Waals surface area contributed by atoms with Crippen LogP contribution in [0.25, 0.3) is 0 Å². The molecule has 1 saturated heterocycles. The molecule has 0 spiro atoms. The zero-order chi connectivity index (χ0) is 16.9. The molecule has 1 fully saturated rings. The average molecular weight is 327 g/mol. The topological polar surface area (TPSA) is 70.6 Å². The minimum atomic E-state index is 0.710. The van der Waals surface area contributed by atoms with Crippen LogP contribution in [0.4, 0.5) is 17.3 Å². The summed E-state index contributed by atoms with van der Waals surface area (Å²) in [5.74, 6) is 3.15. The predicted octanol–water partition coefficient (Wildman–Crippen LogP) is 1.82. The highest BCUT2D eigenvalue weighted by Gasteiger charge is 2.17. The second-order valence-corrected chi connectivity index (χ2v) is 5.64. The maximum Gasteiger partial charge on any atom is 0.209 e. The van der Waals surface area contributed by atoms with Gasteiger partial charge in [-0.15, -0.1) is 0 Å². The first-order valence-corrected chi connectivity index (χ1v) is 7.89. The van der Waals surface area contributed by atoms with Crippen LogP contribution in [0.1, 0.15) is 5.82 Å². The number of aryl methyl sites for hydroxylation is 1. The lowest BCUT2D eigenvalue weighted by atomic mass is 10.3. The van der Waals surface area contributed by atoms with Crippen molar-refractivity contribution in [1.82, 2.24) is 14.9 Å². The van der Waals surface area contributed by atoms with Crippen LogP contribution in [0.15, 0.2) is 30.3 Å². The third-order valence-corrected chi connectivity index (χ3v) is 3.97. The van der Waals surface area contributed by atoms with Gasteiger partial charge in [-0.2, -0.15) is 0 Å². The molecule has 126 valence electrons. The molecule has 0 unspecified atom stereocenters. The summed E-state index contributed by atoms with van der Waals surface area (Å²) in [6, 6.07) is 9.62. The number of hydrogen-bond acceptors (Lipinski definition) is 6. The monoisotopic (exact) mass is 327 g/mol. The van der Waals surface area contributed by atoms with Gasteiger partial charge in [-0.1, -0.05) is 0 Å². The first-order valence-electron chi connectivity index (χ1n) is 7.89. The Bertz CT molecular complexity index is 697. The van der Waals surface area contributed by atoms with Gasteiger partial charge in [0.15, 0.2) is 0 Å². The lowest BCUT2D eigenvalue weighted by molar-refractivity contribution is -0.118. The van der Waals surface area contributed by atoms with E-state index in [4.69, 9.17) is 4.74 Å². The maximum atomic E-state index is 10.8. The Balaban J connectivity index is 1.74. The van der Waals surface area contributed by atoms with Crippen LogP contribution in [-0.2, 0) is 4.79 Å². The molecule has 2 heterocycles. The molecule has 1 aliphatic rings. The Morgan fingerprint density at radius 2 is 1.83 bits per heavy atom. The third kappa shape index (κ3) is 3.73. The third-order valence-electron chi connectivity index (χ3n) is 3.97. The van der Waals surface area contributed by atoms with Crippen molar-refractivity contribution in [1.29, 1.82) is 0 Å². The zero-order valence-corrected chi connectivity index (χ0v) is 13.9. The van der Waals surface area contributed by atoms with Crippen molar-refractivity contribution >= 4 is 23.7 Å². The van der Waals surface area contributed by atoms with Crippen molar-refractivity contribution in [3.8, 4) is 5.75 Å². The lowest BCUT2D eigenvalue weighted by Crippen LogP contribution is -2.46. The van der Waals surface area contributed by atoms with E-state index in [-0.39, 0.29) is 0 Å². The summed E-state index contributed by atoms with van der Waals surface area (Å²) >= 11 is 0. The van der Waals surface area contributed by atoms with Gasteiger partial charge < -0.3 is 19.9 Å². The number of nitrogens with zero attached hydrogens (tertiary/aromatic N) is 4. The fourth-order valence-corrected chi connectivity index (χ4v) is 2.66. The maximum absolute atomic E-state index is 10.8. The summed E-state index contributed by atoms with van der Waals surface area (Å²) < 4.78 is 5.17. The molecule has 0 aliphatic carbocycles. The van der Waals surface area contributed by atoms with E-state index in [9.17, 15) is 4.79 Å². The lowest BCUT2D eigenvalue weighted by Gasteiger charge is -2.33. The smallest absolute Gasteiger partial charge is 0.209 e. The molecule has 3 rings (SSSR count). The van der Waals surface area contributed by atoms with Crippen LogP contribution in [0.2, 0.25) is 0 Å². The van der Waals surface area contributed by atoms with Gasteiger partial charge >= 0.3 is 0 Å². The molecule has 7 heteroatoms. The van der Waals surface area contributed by atoms with Crippen LogP contribution in [0.3, 0.4) is 0 Å². The normalized spacial score (nSPS) is 14.4. The number of rotatable bonds is 5. The molecule has 7 nitrogen and oxygen atoms in total. The minimum absolute atomic E-state index is 0.710. The van der Waals surface area contributed by atoms with E-state index >= 15 is 0 Å². The van der Waals surface area contributed by atoms with Gasteiger partial charge in [0.05, 0.1) is 7.11 Å². The van der Waals surface area contributed by atoms with Crippen molar-refractivity contribution in [3.05, 3.63) is 36.2 Å². The highest BCUT2D eigenvalue weighted by Crippen LogP contribution is 2.22. The van der Waals surface area contributed by atoms with Gasteiger partial charge in [-0.3, -0.25) is 4.79 Å². The van der Waals surface area contributed by atoms with Crippen molar-refractivity contribution in [3.63, 3.8) is 0 Å². The number of amides is 1. The van der Waals surface area contributed by atoms with Crippen molar-refractivity contribution in [2.24, 2.45) is 0 Å². The van der Waals surface area contributed by atoms with Crippen LogP contribution in [0, 0.1) is 6.92 Å². The van der Waals surface area contributed by atoms with E-state index in [1.165, 1.54) is 0 Å². The fourth-order valence-electron chi connectivity index (χ4n) is 2.66. The molecule has 1 aliphatic heterocycles. The highest BCUT2D eigenvalue weighted by atomic mass is 16.5. The van der Waals surface area contributed by atoms with Gasteiger partial charge in [-0.25, -0.2) is 9.97 Å². The number of benzene rings is 1. The van der Waals surface area contributed by atoms with E-state index in [0.717, 1.165) is 42.6 Å². The largest absolute Gasteiger partial charge is 0.497 e. The van der Waals surface area contributed by atoms with Crippen LogP contribution in [0.5, 0.6) is 5.75 Å². The standard InChI is InChI=1S/C17H21N5O2/c1-13-18-16(20-14-3-5-15(24-2)6-4-14)11-17(19-13)22-9-7-21(12-23)8-10-22/h3-6,11-12H,7-10H2,1-2H3,(H,18,19,20). The number of anilines is 3. The summed E-state index contributed by atoms with van der Waals surface area (Å²) in [5, 5.41) is 3.30. The Kier molecular flexibility index (Phi) is 4.79. The fraction of sp³-hybridized carbons (Fsp3) is 0.353. The van der Waals surface area contributed by atoms with Gasteiger partial charge in [0, 0.05) is 37.9 Å². The SMILES string of the molecule is COc1ccc(Nc2cc(N3CCN(C=O)CC3)nc(C)n2)cc1. The molecule has 1 N–H and O–H groups in total. The molecule has 0 radical (unpaired) electrons. The molecule has 1 amide bonds. The van der Waals surface area contributed by atoms with Gasteiger partial charge in [-0.05, 0) is 31.2 Å². The number of aromatic nitrogens is 2. The minimum Gasteiger partial charge on any atom is -0.497 e. The number of piperazine rings is 1. The van der Waals surface area contributed by atoms with Gasteiger partial charge in [0.25, 0.3) is 0 Å². The molecule has 1 aromatic carbocycles. The molecular weight excluding hydrogens is 306 g/mol. The van der Waals surface area contributed by atoms with Crippen molar-refractivity contribution in [2.45, 2.75) is 6.92 Å². The Morgan fingerprint density at radius 3 is 2.46 bits per heavy atom. The molecule has 0 bridgehead atoms. The van der Waals surface area contributed by atoms with Crippen molar-refractivity contribution in [2.75, 3.05) is 43.5 Å². The van der Waals surface area contributed by atoms with E-state index in [2.05, 4.69) is 20.2 Å². The Hall–Kier alpha value is -2.83. The number of carbonyl (C=O) groups excluding carboxylic acids is 1. The van der Waals surface area contributed by atoms with E-state index in [1.807, 2.05) is 37.3 Å². The zero-order valence-electron chi connectivity index (χ0n) is 13.9. The molecular formula is C17H21N5O2. The van der Waals surface area contributed by atoms with Crippen LogP contribution < -0.4 is 15.0 Å². The highest BCUT2D eigenvalue weighted by molar-refractivity contribution is 5.60. The Labute approximate surface area is 141 Å². The molecule has 0 atom stereocenters. The second kappa shape index (κ2) is 7.16. The molecule has 1 aromatic heterocycles. The molecule has 0 saturated carbocycles. The summed E-state index contributed by atoms with van der Waals surface area (Å²) in [5.41, 5.74) is 0.936.